The number of non-ortho nitro benzene ring substituents is 1. The van der Waals surface area contributed by atoms with Crippen molar-refractivity contribution in [2.75, 3.05) is 0 Å². The number of rotatable bonds is 1. The fraction of sp³-hybridized carbons (Fsp3) is 0. The third kappa shape index (κ3) is 1.56. The maximum Gasteiger partial charge on any atom is 0.295 e. The molecule has 0 N–H and O–H groups in total. The molecule has 0 spiro atoms. The number of hydrogen-bond donors (Lipinski definition) is 0. The summed E-state index contributed by atoms with van der Waals surface area (Å²) in [6.45, 7) is 0. The number of halogens is 2. The van der Waals surface area contributed by atoms with Crippen LogP contribution in [0, 0.1) is 33.2 Å². The highest BCUT2D eigenvalue weighted by Gasteiger charge is 2.20. The molecule has 0 unspecified atom stereocenters. The summed E-state index contributed by atoms with van der Waals surface area (Å²) in [5.74, 6) is -2.49. The highest BCUT2D eigenvalue weighted by atomic mass is 19.1. The molecule has 2 rings (SSSR count). The van der Waals surface area contributed by atoms with Crippen LogP contribution in [0.2, 0.25) is 0 Å². The third-order valence-electron chi connectivity index (χ3n) is 2.20. The number of nitro benzene ring substituents is 1. The first kappa shape index (κ1) is 10.9. The predicted octanol–water partition coefficient (Wildman–Crippen LogP) is 2.29. The summed E-state index contributed by atoms with van der Waals surface area (Å²) in [5, 5.41) is 18.9. The molecule has 0 saturated carbocycles. The Hall–Kier alpha value is -2.62. The van der Waals surface area contributed by atoms with Crippen LogP contribution < -0.4 is 0 Å². The standard InChI is InChI=1S/C10H3F2N3O2/c11-8-5-2-1-3-7(15(16)17)9(5)14-10(12)6(8)4-13/h1-3H. The Morgan fingerprint density at radius 1 is 1.41 bits per heavy atom. The zero-order valence-electron chi connectivity index (χ0n) is 8.15. The van der Waals surface area contributed by atoms with Gasteiger partial charge in [-0.1, -0.05) is 6.07 Å². The summed E-state index contributed by atoms with van der Waals surface area (Å²) in [6, 6.07) is 4.85. The van der Waals surface area contributed by atoms with Gasteiger partial charge in [0.1, 0.15) is 11.6 Å². The monoisotopic (exact) mass is 235 g/mol. The van der Waals surface area contributed by atoms with E-state index in [1.807, 2.05) is 0 Å². The van der Waals surface area contributed by atoms with Crippen LogP contribution in [0.4, 0.5) is 14.5 Å². The maximum atomic E-state index is 13.6. The maximum absolute atomic E-state index is 13.6. The molecule has 0 aliphatic heterocycles. The Morgan fingerprint density at radius 3 is 2.71 bits per heavy atom. The minimum atomic E-state index is -1.35. The average Bonchev–Trinajstić information content (AvgIpc) is 2.28. The van der Waals surface area contributed by atoms with E-state index in [-0.39, 0.29) is 5.39 Å². The molecule has 1 aromatic heterocycles. The van der Waals surface area contributed by atoms with E-state index in [9.17, 15) is 18.9 Å². The van der Waals surface area contributed by atoms with Crippen molar-refractivity contribution in [3.8, 4) is 6.07 Å². The minimum absolute atomic E-state index is 0.253. The third-order valence-corrected chi connectivity index (χ3v) is 2.20. The van der Waals surface area contributed by atoms with Crippen molar-refractivity contribution in [2.45, 2.75) is 0 Å². The number of nitrogens with zero attached hydrogens (tertiary/aromatic N) is 3. The number of fused-ring (bicyclic) bond motifs is 1. The van der Waals surface area contributed by atoms with Crippen LogP contribution in [0.5, 0.6) is 0 Å². The second-order valence-electron chi connectivity index (χ2n) is 3.13. The lowest BCUT2D eigenvalue weighted by molar-refractivity contribution is -0.383. The van der Waals surface area contributed by atoms with Crippen molar-refractivity contribution in [1.82, 2.24) is 4.98 Å². The summed E-state index contributed by atoms with van der Waals surface area (Å²) in [6.07, 6.45) is 0. The van der Waals surface area contributed by atoms with Gasteiger partial charge in [-0.25, -0.2) is 9.37 Å². The van der Waals surface area contributed by atoms with Crippen LogP contribution in [-0.2, 0) is 0 Å². The quantitative estimate of drug-likeness (QED) is 0.431. The van der Waals surface area contributed by atoms with Gasteiger partial charge in [0.15, 0.2) is 11.3 Å². The first-order chi connectivity index (χ1) is 8.06. The molecule has 0 aliphatic carbocycles. The van der Waals surface area contributed by atoms with Gasteiger partial charge in [-0.15, -0.1) is 0 Å². The molecule has 0 saturated heterocycles. The van der Waals surface area contributed by atoms with Gasteiger partial charge >= 0.3 is 0 Å². The summed E-state index contributed by atoms with van der Waals surface area (Å²) in [5.41, 5.74) is -1.77. The van der Waals surface area contributed by atoms with E-state index in [1.165, 1.54) is 18.2 Å². The Morgan fingerprint density at radius 2 is 2.12 bits per heavy atom. The Balaban J connectivity index is 2.97. The molecular formula is C10H3F2N3O2. The van der Waals surface area contributed by atoms with E-state index in [0.29, 0.717) is 0 Å². The van der Waals surface area contributed by atoms with Gasteiger partial charge in [0, 0.05) is 11.5 Å². The molecule has 0 radical (unpaired) electrons. The van der Waals surface area contributed by atoms with Crippen molar-refractivity contribution < 1.29 is 13.7 Å². The highest BCUT2D eigenvalue weighted by molar-refractivity contribution is 5.88. The van der Waals surface area contributed by atoms with Gasteiger partial charge in [-0.2, -0.15) is 9.65 Å². The molecule has 0 bridgehead atoms. The van der Waals surface area contributed by atoms with Crippen molar-refractivity contribution in [1.29, 1.82) is 5.26 Å². The zero-order chi connectivity index (χ0) is 12.6. The smallest absolute Gasteiger partial charge is 0.258 e. The lowest BCUT2D eigenvalue weighted by Crippen LogP contribution is -1.99. The van der Waals surface area contributed by atoms with Gasteiger partial charge < -0.3 is 0 Å². The van der Waals surface area contributed by atoms with Gasteiger partial charge in [0.2, 0.25) is 5.95 Å². The second kappa shape index (κ2) is 3.75. The van der Waals surface area contributed by atoms with E-state index in [4.69, 9.17) is 5.26 Å². The lowest BCUT2D eigenvalue weighted by atomic mass is 10.1. The van der Waals surface area contributed by atoms with Crippen molar-refractivity contribution in [3.05, 3.63) is 45.6 Å². The molecule has 0 amide bonds. The van der Waals surface area contributed by atoms with Crippen molar-refractivity contribution in [3.63, 3.8) is 0 Å². The number of aromatic nitrogens is 1. The van der Waals surface area contributed by atoms with Crippen LogP contribution >= 0.6 is 0 Å². The SMILES string of the molecule is N#Cc1c(F)nc2c([N+](=O)[O-])cccc2c1F. The zero-order valence-corrected chi connectivity index (χ0v) is 8.15. The Labute approximate surface area is 93.1 Å². The van der Waals surface area contributed by atoms with E-state index < -0.39 is 33.5 Å². The Bertz CT molecular complexity index is 679. The molecule has 0 fully saturated rings. The van der Waals surface area contributed by atoms with E-state index in [0.717, 1.165) is 6.07 Å². The normalized spacial score (nSPS) is 10.2. The van der Waals surface area contributed by atoms with Gasteiger partial charge in [-0.3, -0.25) is 10.1 Å². The number of hydrogen-bond acceptors (Lipinski definition) is 4. The van der Waals surface area contributed by atoms with E-state index >= 15 is 0 Å². The molecule has 1 heterocycles. The van der Waals surface area contributed by atoms with Gasteiger partial charge in [0.25, 0.3) is 5.69 Å². The Kier molecular flexibility index (Phi) is 2.40. The number of nitro groups is 1. The molecule has 17 heavy (non-hydrogen) atoms. The molecule has 84 valence electrons. The van der Waals surface area contributed by atoms with Crippen LogP contribution in [0.1, 0.15) is 5.56 Å². The largest absolute Gasteiger partial charge is 0.295 e. The molecule has 7 heteroatoms. The van der Waals surface area contributed by atoms with Crippen LogP contribution in [0.25, 0.3) is 10.9 Å². The lowest BCUT2D eigenvalue weighted by Gasteiger charge is -2.02. The molecule has 0 aliphatic rings. The van der Waals surface area contributed by atoms with Gasteiger partial charge in [0.05, 0.1) is 4.92 Å². The molecule has 0 atom stereocenters. The summed E-state index contributed by atoms with van der Waals surface area (Å²) in [4.78, 5) is 13.1. The topological polar surface area (TPSA) is 79.8 Å². The molecule has 2 aromatic rings. The average molecular weight is 235 g/mol. The van der Waals surface area contributed by atoms with Crippen molar-refractivity contribution in [2.24, 2.45) is 0 Å². The second-order valence-corrected chi connectivity index (χ2v) is 3.13. The number of pyridine rings is 1. The minimum Gasteiger partial charge on any atom is -0.258 e. The number of nitriles is 1. The molecule has 5 nitrogen and oxygen atoms in total. The molecule has 1 aromatic carbocycles. The van der Waals surface area contributed by atoms with Crippen LogP contribution in [-0.4, -0.2) is 9.91 Å². The van der Waals surface area contributed by atoms with Crippen LogP contribution in [0.15, 0.2) is 18.2 Å². The first-order valence-corrected chi connectivity index (χ1v) is 4.38. The molecular weight excluding hydrogens is 232 g/mol. The first-order valence-electron chi connectivity index (χ1n) is 4.38. The van der Waals surface area contributed by atoms with Gasteiger partial charge in [-0.05, 0) is 6.07 Å². The summed E-state index contributed by atoms with van der Waals surface area (Å²) < 4.78 is 26.9. The van der Waals surface area contributed by atoms with E-state index in [1.54, 1.807) is 0 Å². The fourth-order valence-corrected chi connectivity index (χ4v) is 1.45. The highest BCUT2D eigenvalue weighted by Crippen LogP contribution is 2.27. The summed E-state index contributed by atoms with van der Waals surface area (Å²) >= 11 is 0. The van der Waals surface area contributed by atoms with E-state index in [2.05, 4.69) is 4.98 Å². The fourth-order valence-electron chi connectivity index (χ4n) is 1.45. The predicted molar refractivity (Wildman–Crippen MR) is 53.0 cm³/mol. The number of para-hydroxylation sites is 1. The van der Waals surface area contributed by atoms with Crippen molar-refractivity contribution >= 4 is 16.6 Å². The summed E-state index contributed by atoms with van der Waals surface area (Å²) in [7, 11) is 0. The van der Waals surface area contributed by atoms with Crippen LogP contribution in [0.3, 0.4) is 0 Å². The number of benzene rings is 1.